The maximum Gasteiger partial charge on any atom is 0.131 e. The lowest BCUT2D eigenvalue weighted by Crippen LogP contribution is -1.83. The van der Waals surface area contributed by atoms with E-state index in [2.05, 4.69) is 31.2 Å². The Morgan fingerprint density at radius 2 is 1.35 bits per heavy atom. The monoisotopic (exact) mass is 259 g/mol. The van der Waals surface area contributed by atoms with E-state index in [1.807, 2.05) is 30.3 Å². The van der Waals surface area contributed by atoms with Crippen LogP contribution in [0.2, 0.25) is 0 Å². The van der Waals surface area contributed by atoms with Gasteiger partial charge in [-0.3, -0.25) is 5.41 Å². The first-order valence-corrected chi connectivity index (χ1v) is 6.93. The van der Waals surface area contributed by atoms with Crippen molar-refractivity contribution in [2.75, 3.05) is 0 Å². The molecule has 1 nitrogen and oxygen atoms in total. The van der Waals surface area contributed by atoms with Crippen molar-refractivity contribution in [1.29, 1.82) is 5.41 Å². The normalized spacial score (nSPS) is 10.2. The van der Waals surface area contributed by atoms with Gasteiger partial charge in [-0.25, -0.2) is 0 Å². The molecule has 0 aromatic heterocycles. The van der Waals surface area contributed by atoms with Gasteiger partial charge in [-0.15, -0.1) is 0 Å². The molecule has 3 heteroatoms. The summed E-state index contributed by atoms with van der Waals surface area (Å²) in [6.07, 6.45) is 0. The van der Waals surface area contributed by atoms with Crippen LogP contribution in [0.15, 0.2) is 64.4 Å². The van der Waals surface area contributed by atoms with Gasteiger partial charge >= 0.3 is 0 Å². The van der Waals surface area contributed by atoms with Gasteiger partial charge in [0.2, 0.25) is 0 Å². The number of hydrogen-bond donors (Lipinski definition) is 1. The third-order valence-corrected chi connectivity index (χ3v) is 4.07. The smallest absolute Gasteiger partial charge is 0.131 e. The van der Waals surface area contributed by atoms with Crippen molar-refractivity contribution in [1.82, 2.24) is 0 Å². The summed E-state index contributed by atoms with van der Waals surface area (Å²) in [5, 5.41) is 7.94. The highest BCUT2D eigenvalue weighted by Gasteiger charge is 2.02. The topological polar surface area (TPSA) is 23.9 Å². The second kappa shape index (κ2) is 5.94. The molecule has 0 aliphatic carbocycles. The Kier molecular flexibility index (Phi) is 4.29. The maximum atomic E-state index is 7.94. The van der Waals surface area contributed by atoms with Gasteiger partial charge in [-0.05, 0) is 31.2 Å². The van der Waals surface area contributed by atoms with Crippen LogP contribution in [0.1, 0.15) is 5.56 Å². The highest BCUT2D eigenvalue weighted by atomic mass is 32.2. The maximum absolute atomic E-state index is 7.94. The predicted octanol–water partition coefficient (Wildman–Crippen LogP) is 4.81. The quantitative estimate of drug-likeness (QED) is 0.475. The molecule has 0 heterocycles. The Morgan fingerprint density at radius 3 is 1.94 bits per heavy atom. The van der Waals surface area contributed by atoms with Crippen LogP contribution in [0.4, 0.5) is 0 Å². The fourth-order valence-electron chi connectivity index (χ4n) is 1.33. The number of nitrogens with one attached hydrogen (secondary N) is 1. The predicted molar refractivity (Wildman–Crippen MR) is 77.1 cm³/mol. The van der Waals surface area contributed by atoms with Crippen molar-refractivity contribution < 1.29 is 0 Å². The molecule has 0 radical (unpaired) electrons. The molecule has 0 bridgehead atoms. The van der Waals surface area contributed by atoms with Crippen molar-refractivity contribution >= 4 is 27.9 Å². The SMILES string of the molecule is Cc1ccc(SC(=N)Sc2ccccc2)cc1. The molecule has 0 unspecified atom stereocenters. The first kappa shape index (κ1) is 12.3. The highest BCUT2D eigenvalue weighted by molar-refractivity contribution is 8.38. The summed E-state index contributed by atoms with van der Waals surface area (Å²) in [6, 6.07) is 18.3. The van der Waals surface area contributed by atoms with Crippen LogP contribution in [0.25, 0.3) is 0 Å². The number of rotatable bonds is 2. The van der Waals surface area contributed by atoms with Gasteiger partial charge in [-0.2, -0.15) is 0 Å². The van der Waals surface area contributed by atoms with Crippen molar-refractivity contribution in [3.8, 4) is 0 Å². The van der Waals surface area contributed by atoms with Crippen molar-refractivity contribution in [3.63, 3.8) is 0 Å². The Morgan fingerprint density at radius 1 is 0.824 bits per heavy atom. The third-order valence-electron chi connectivity index (χ3n) is 2.19. The molecule has 0 spiro atoms. The Hall–Kier alpha value is -1.19. The van der Waals surface area contributed by atoms with Crippen LogP contribution in [0.5, 0.6) is 0 Å². The van der Waals surface area contributed by atoms with Gasteiger partial charge in [0, 0.05) is 9.79 Å². The summed E-state index contributed by atoms with van der Waals surface area (Å²) in [5.74, 6) is 0. The van der Waals surface area contributed by atoms with E-state index in [-0.39, 0.29) is 0 Å². The van der Waals surface area contributed by atoms with Crippen LogP contribution in [0, 0.1) is 12.3 Å². The van der Waals surface area contributed by atoms with Gasteiger partial charge in [0.05, 0.1) is 0 Å². The van der Waals surface area contributed by atoms with Crippen molar-refractivity contribution in [2.24, 2.45) is 0 Å². The first-order chi connectivity index (χ1) is 8.24. The van der Waals surface area contributed by atoms with E-state index in [0.29, 0.717) is 4.38 Å². The number of benzene rings is 2. The second-order valence-electron chi connectivity index (χ2n) is 3.62. The first-order valence-electron chi connectivity index (χ1n) is 5.30. The molecule has 2 aromatic carbocycles. The largest absolute Gasteiger partial charge is 0.287 e. The van der Waals surface area contributed by atoms with E-state index < -0.39 is 0 Å². The van der Waals surface area contributed by atoms with Gasteiger partial charge in [-0.1, -0.05) is 59.4 Å². The van der Waals surface area contributed by atoms with Gasteiger partial charge in [0.25, 0.3) is 0 Å². The van der Waals surface area contributed by atoms with Gasteiger partial charge < -0.3 is 0 Å². The van der Waals surface area contributed by atoms with Crippen molar-refractivity contribution in [3.05, 3.63) is 60.2 Å². The molecular weight excluding hydrogens is 246 g/mol. The van der Waals surface area contributed by atoms with Crippen LogP contribution in [-0.4, -0.2) is 4.38 Å². The lowest BCUT2D eigenvalue weighted by atomic mass is 10.2. The molecule has 86 valence electrons. The molecule has 0 atom stereocenters. The molecule has 17 heavy (non-hydrogen) atoms. The van der Waals surface area contributed by atoms with E-state index in [4.69, 9.17) is 5.41 Å². The zero-order valence-corrected chi connectivity index (χ0v) is 11.1. The minimum atomic E-state index is 0.597. The summed E-state index contributed by atoms with van der Waals surface area (Å²) < 4.78 is 0.597. The molecule has 0 saturated carbocycles. The van der Waals surface area contributed by atoms with Crippen molar-refractivity contribution in [2.45, 2.75) is 16.7 Å². The molecule has 2 aromatic rings. The van der Waals surface area contributed by atoms with Gasteiger partial charge in [0.1, 0.15) is 4.38 Å². The number of aryl methyl sites for hydroxylation is 1. The number of hydrogen-bond acceptors (Lipinski definition) is 3. The fraction of sp³-hybridized carbons (Fsp3) is 0.0714. The summed E-state index contributed by atoms with van der Waals surface area (Å²) in [7, 11) is 0. The minimum absolute atomic E-state index is 0.597. The van der Waals surface area contributed by atoms with E-state index in [0.717, 1.165) is 9.79 Å². The minimum Gasteiger partial charge on any atom is -0.287 e. The van der Waals surface area contributed by atoms with E-state index in [1.165, 1.54) is 29.1 Å². The summed E-state index contributed by atoms with van der Waals surface area (Å²) >= 11 is 2.98. The Balaban J connectivity index is 1.96. The summed E-state index contributed by atoms with van der Waals surface area (Å²) in [6.45, 7) is 2.07. The van der Waals surface area contributed by atoms with Crippen LogP contribution >= 0.6 is 23.5 Å². The zero-order chi connectivity index (χ0) is 12.1. The molecular formula is C14H13NS2. The lowest BCUT2D eigenvalue weighted by Gasteiger charge is -2.03. The highest BCUT2D eigenvalue weighted by Crippen LogP contribution is 2.29. The molecule has 0 saturated heterocycles. The summed E-state index contributed by atoms with van der Waals surface area (Å²) in [4.78, 5) is 2.22. The molecule has 0 aliphatic heterocycles. The average molecular weight is 259 g/mol. The van der Waals surface area contributed by atoms with Crippen LogP contribution < -0.4 is 0 Å². The van der Waals surface area contributed by atoms with E-state index >= 15 is 0 Å². The standard InChI is InChI=1S/C14H13NS2/c1-11-7-9-13(10-8-11)17-14(15)16-12-5-3-2-4-6-12/h2-10,15H,1H3. The fourth-order valence-corrected chi connectivity index (χ4v) is 3.07. The van der Waals surface area contributed by atoms with E-state index in [9.17, 15) is 0 Å². The second-order valence-corrected chi connectivity index (χ2v) is 6.04. The van der Waals surface area contributed by atoms with Crippen LogP contribution in [0.3, 0.4) is 0 Å². The Bertz CT molecular complexity index is 491. The molecule has 1 N–H and O–H groups in total. The molecule has 0 amide bonds. The molecule has 0 fully saturated rings. The zero-order valence-electron chi connectivity index (χ0n) is 9.51. The summed E-state index contributed by atoms with van der Waals surface area (Å²) in [5.41, 5.74) is 1.25. The Labute approximate surface area is 110 Å². The molecule has 0 aliphatic rings. The van der Waals surface area contributed by atoms with Crippen LogP contribution in [-0.2, 0) is 0 Å². The third kappa shape index (κ3) is 3.95. The molecule has 2 rings (SSSR count). The van der Waals surface area contributed by atoms with Gasteiger partial charge in [0.15, 0.2) is 0 Å². The average Bonchev–Trinajstić information content (AvgIpc) is 2.33. The van der Waals surface area contributed by atoms with E-state index in [1.54, 1.807) is 0 Å². The number of thioether (sulfide) groups is 2. The lowest BCUT2D eigenvalue weighted by molar-refractivity contribution is 1.38.